The van der Waals surface area contributed by atoms with Crippen molar-refractivity contribution in [2.75, 3.05) is 5.73 Å². The van der Waals surface area contributed by atoms with E-state index in [1.165, 1.54) is 24.3 Å². The highest BCUT2D eigenvalue weighted by Crippen LogP contribution is 2.26. The molecule has 0 aliphatic heterocycles. The van der Waals surface area contributed by atoms with Gasteiger partial charge in [0.2, 0.25) is 5.82 Å². The lowest BCUT2D eigenvalue weighted by molar-refractivity contribution is 0.284. The molecule has 0 heterocycles. The minimum Gasteiger partial charge on any atom is -0.486 e. The van der Waals surface area contributed by atoms with Crippen LogP contribution in [0, 0.1) is 17.5 Å². The van der Waals surface area contributed by atoms with Crippen LogP contribution < -0.4 is 10.5 Å². The summed E-state index contributed by atoms with van der Waals surface area (Å²) in [6, 6.07) is 6.04. The minimum absolute atomic E-state index is 0.156. The maximum Gasteiger partial charge on any atom is 0.200 e. The lowest BCUT2D eigenvalue weighted by atomic mass is 10.2. The zero-order valence-corrected chi connectivity index (χ0v) is 11.2. The zero-order valence-electron chi connectivity index (χ0n) is 9.59. The molecular weight excluding hydrogens is 323 g/mol. The SMILES string of the molecule is Nc1ccc(F)cc1COc1cc(Br)cc(F)c1F. The quantitative estimate of drug-likeness (QED) is 0.680. The topological polar surface area (TPSA) is 35.2 Å². The highest BCUT2D eigenvalue weighted by atomic mass is 79.9. The Morgan fingerprint density at radius 1 is 1.11 bits per heavy atom. The van der Waals surface area contributed by atoms with Gasteiger partial charge in [-0.25, -0.2) is 8.78 Å². The first-order valence-corrected chi connectivity index (χ1v) is 6.08. The van der Waals surface area contributed by atoms with Crippen molar-refractivity contribution in [1.82, 2.24) is 0 Å². The number of ether oxygens (including phenoxy) is 1. The van der Waals surface area contributed by atoms with Crippen molar-refractivity contribution in [2.45, 2.75) is 6.61 Å². The van der Waals surface area contributed by atoms with Crippen molar-refractivity contribution in [1.29, 1.82) is 0 Å². The summed E-state index contributed by atoms with van der Waals surface area (Å²) in [4.78, 5) is 0. The Kier molecular flexibility index (Phi) is 3.99. The molecule has 6 heteroatoms. The molecular formula is C13H9BrF3NO. The standard InChI is InChI=1S/C13H9BrF3NO/c14-8-4-10(16)13(17)12(5-8)19-6-7-3-9(15)1-2-11(7)18/h1-5H,6,18H2. The van der Waals surface area contributed by atoms with Crippen LogP contribution in [0.5, 0.6) is 5.75 Å². The molecule has 0 atom stereocenters. The summed E-state index contributed by atoms with van der Waals surface area (Å²) < 4.78 is 45.1. The van der Waals surface area contributed by atoms with Crippen molar-refractivity contribution in [3.8, 4) is 5.75 Å². The summed E-state index contributed by atoms with van der Waals surface area (Å²) in [7, 11) is 0. The molecule has 0 fully saturated rings. The van der Waals surface area contributed by atoms with Crippen LogP contribution in [-0.2, 0) is 6.61 Å². The van der Waals surface area contributed by atoms with Gasteiger partial charge in [0.15, 0.2) is 11.6 Å². The van der Waals surface area contributed by atoms with Crippen LogP contribution in [0.15, 0.2) is 34.8 Å². The van der Waals surface area contributed by atoms with Gasteiger partial charge in [0.1, 0.15) is 12.4 Å². The highest BCUT2D eigenvalue weighted by molar-refractivity contribution is 9.10. The summed E-state index contributed by atoms with van der Waals surface area (Å²) in [5, 5.41) is 0. The molecule has 2 aromatic carbocycles. The molecule has 0 aliphatic rings. The maximum absolute atomic E-state index is 13.4. The number of nitrogen functional groups attached to an aromatic ring is 1. The fourth-order valence-electron chi connectivity index (χ4n) is 1.49. The molecule has 2 nitrogen and oxygen atoms in total. The maximum atomic E-state index is 13.4. The van der Waals surface area contributed by atoms with Crippen LogP contribution in [0.1, 0.15) is 5.56 Å². The zero-order chi connectivity index (χ0) is 14.0. The van der Waals surface area contributed by atoms with Gasteiger partial charge in [-0.15, -0.1) is 0 Å². The lowest BCUT2D eigenvalue weighted by Gasteiger charge is -2.10. The van der Waals surface area contributed by atoms with E-state index in [-0.39, 0.29) is 12.4 Å². The smallest absolute Gasteiger partial charge is 0.200 e. The number of hydrogen-bond acceptors (Lipinski definition) is 2. The molecule has 0 aromatic heterocycles. The van der Waals surface area contributed by atoms with Gasteiger partial charge in [0.25, 0.3) is 0 Å². The van der Waals surface area contributed by atoms with E-state index in [0.717, 1.165) is 6.07 Å². The van der Waals surface area contributed by atoms with E-state index in [0.29, 0.717) is 15.7 Å². The largest absolute Gasteiger partial charge is 0.486 e. The molecule has 0 bridgehead atoms. The molecule has 100 valence electrons. The molecule has 2 aromatic rings. The molecule has 0 spiro atoms. The van der Waals surface area contributed by atoms with Crippen LogP contribution in [0.4, 0.5) is 18.9 Å². The number of anilines is 1. The van der Waals surface area contributed by atoms with Crippen LogP contribution in [0.25, 0.3) is 0 Å². The van der Waals surface area contributed by atoms with Crippen LogP contribution in [0.2, 0.25) is 0 Å². The summed E-state index contributed by atoms with van der Waals surface area (Å²) in [6.07, 6.45) is 0. The van der Waals surface area contributed by atoms with Crippen molar-refractivity contribution in [3.63, 3.8) is 0 Å². The first-order valence-electron chi connectivity index (χ1n) is 5.28. The molecule has 0 saturated carbocycles. The average molecular weight is 332 g/mol. The fourth-order valence-corrected chi connectivity index (χ4v) is 1.90. The van der Waals surface area contributed by atoms with Crippen molar-refractivity contribution in [3.05, 3.63) is 57.8 Å². The molecule has 0 radical (unpaired) electrons. The normalized spacial score (nSPS) is 10.5. The summed E-state index contributed by atoms with van der Waals surface area (Å²) in [5.74, 6) is -2.88. The molecule has 0 aliphatic carbocycles. The lowest BCUT2D eigenvalue weighted by Crippen LogP contribution is -2.03. The average Bonchev–Trinajstić information content (AvgIpc) is 2.35. The van der Waals surface area contributed by atoms with E-state index in [9.17, 15) is 13.2 Å². The molecule has 0 unspecified atom stereocenters. The number of benzene rings is 2. The summed E-state index contributed by atoms with van der Waals surface area (Å²) >= 11 is 3.03. The van der Waals surface area contributed by atoms with Crippen molar-refractivity contribution < 1.29 is 17.9 Å². The van der Waals surface area contributed by atoms with Gasteiger partial charge in [0, 0.05) is 15.7 Å². The van der Waals surface area contributed by atoms with Gasteiger partial charge in [-0.3, -0.25) is 0 Å². The second-order valence-corrected chi connectivity index (χ2v) is 4.75. The van der Waals surface area contributed by atoms with Gasteiger partial charge >= 0.3 is 0 Å². The first kappa shape index (κ1) is 13.7. The Bertz CT molecular complexity index is 619. The van der Waals surface area contributed by atoms with E-state index in [4.69, 9.17) is 10.5 Å². The summed E-state index contributed by atoms with van der Waals surface area (Å²) in [5.41, 5.74) is 6.31. The summed E-state index contributed by atoms with van der Waals surface area (Å²) in [6.45, 7) is -0.156. The van der Waals surface area contributed by atoms with Crippen LogP contribution in [-0.4, -0.2) is 0 Å². The van der Waals surface area contributed by atoms with Crippen molar-refractivity contribution in [2.24, 2.45) is 0 Å². The molecule has 2 N–H and O–H groups in total. The Morgan fingerprint density at radius 3 is 2.58 bits per heavy atom. The van der Waals surface area contributed by atoms with E-state index in [1.807, 2.05) is 0 Å². The van der Waals surface area contributed by atoms with E-state index in [1.54, 1.807) is 0 Å². The second kappa shape index (κ2) is 5.52. The van der Waals surface area contributed by atoms with Gasteiger partial charge in [-0.1, -0.05) is 15.9 Å². The third kappa shape index (κ3) is 3.20. The van der Waals surface area contributed by atoms with Gasteiger partial charge in [-0.2, -0.15) is 4.39 Å². The number of hydrogen-bond donors (Lipinski definition) is 1. The highest BCUT2D eigenvalue weighted by Gasteiger charge is 2.12. The van der Waals surface area contributed by atoms with E-state index >= 15 is 0 Å². The Balaban J connectivity index is 2.21. The van der Waals surface area contributed by atoms with Gasteiger partial charge in [-0.05, 0) is 30.3 Å². The Hall–Kier alpha value is -1.69. The second-order valence-electron chi connectivity index (χ2n) is 3.83. The Labute approximate surface area is 116 Å². The molecule has 0 saturated heterocycles. The van der Waals surface area contributed by atoms with Gasteiger partial charge in [0.05, 0.1) is 0 Å². The molecule has 0 amide bonds. The third-order valence-corrected chi connectivity index (χ3v) is 2.91. The third-order valence-electron chi connectivity index (χ3n) is 2.45. The number of halogens is 4. The fraction of sp³-hybridized carbons (Fsp3) is 0.0769. The molecule has 2 rings (SSSR count). The Morgan fingerprint density at radius 2 is 1.84 bits per heavy atom. The van der Waals surface area contributed by atoms with E-state index in [2.05, 4.69) is 15.9 Å². The predicted octanol–water partition coefficient (Wildman–Crippen LogP) is 4.03. The first-order chi connectivity index (χ1) is 8.97. The van der Waals surface area contributed by atoms with Crippen LogP contribution >= 0.6 is 15.9 Å². The van der Waals surface area contributed by atoms with Crippen molar-refractivity contribution >= 4 is 21.6 Å². The monoisotopic (exact) mass is 331 g/mol. The molecule has 19 heavy (non-hydrogen) atoms. The number of nitrogens with two attached hydrogens (primary N) is 1. The minimum atomic E-state index is -1.10. The van der Waals surface area contributed by atoms with Crippen LogP contribution in [0.3, 0.4) is 0 Å². The van der Waals surface area contributed by atoms with Gasteiger partial charge < -0.3 is 10.5 Å². The number of rotatable bonds is 3. The predicted molar refractivity (Wildman–Crippen MR) is 69.2 cm³/mol. The van der Waals surface area contributed by atoms with E-state index < -0.39 is 17.5 Å².